The highest BCUT2D eigenvalue weighted by Gasteiger charge is 2.36. The number of hydrogen-bond acceptors (Lipinski definition) is 3. The molecular weight excluding hydrogens is 614 g/mol. The van der Waals surface area contributed by atoms with E-state index in [-0.39, 0.29) is 5.41 Å². The standard InChI is InChI=1S/C43H28ClNOS/c1-43(2)35-18-16-28(23-33(35)32-20-25-8-3-4-9-26(25)21-36(32)43)45(37-11-7-13-39-42(37)31-10-5-6-12-38(31)46-39)29-15-17-30-34-22-27(44)14-19-40(34)47-41(30)24-29/h3-24H,1-2H3. The van der Waals surface area contributed by atoms with E-state index in [1.54, 1.807) is 0 Å². The topological polar surface area (TPSA) is 16.4 Å². The summed E-state index contributed by atoms with van der Waals surface area (Å²) < 4.78 is 8.85. The minimum absolute atomic E-state index is 0.101. The van der Waals surface area contributed by atoms with Crippen LogP contribution in [0.5, 0.6) is 0 Å². The lowest BCUT2D eigenvalue weighted by Crippen LogP contribution is -2.15. The fourth-order valence-electron chi connectivity index (χ4n) is 7.81. The van der Waals surface area contributed by atoms with Crippen molar-refractivity contribution in [2.45, 2.75) is 19.3 Å². The predicted molar refractivity (Wildman–Crippen MR) is 201 cm³/mol. The highest BCUT2D eigenvalue weighted by molar-refractivity contribution is 7.25. The molecule has 0 aliphatic heterocycles. The van der Waals surface area contributed by atoms with E-state index in [0.29, 0.717) is 0 Å². The number of anilines is 3. The Kier molecular flexibility index (Phi) is 5.59. The molecular formula is C43H28ClNOS. The Morgan fingerprint density at radius 1 is 0.574 bits per heavy atom. The van der Waals surface area contributed by atoms with Gasteiger partial charge in [-0.25, -0.2) is 0 Å². The molecule has 2 nitrogen and oxygen atoms in total. The fourth-order valence-corrected chi connectivity index (χ4v) is 9.10. The van der Waals surface area contributed by atoms with E-state index in [9.17, 15) is 0 Å². The number of nitrogens with zero attached hydrogens (tertiary/aromatic N) is 1. The van der Waals surface area contributed by atoms with Gasteiger partial charge in [-0.2, -0.15) is 0 Å². The molecule has 0 fully saturated rings. The number of hydrogen-bond donors (Lipinski definition) is 0. The van der Waals surface area contributed by atoms with E-state index in [1.807, 2.05) is 23.5 Å². The van der Waals surface area contributed by atoms with Crippen molar-refractivity contribution in [3.8, 4) is 11.1 Å². The number of rotatable bonds is 3. The highest BCUT2D eigenvalue weighted by Crippen LogP contribution is 2.53. The lowest BCUT2D eigenvalue weighted by molar-refractivity contribution is 0.661. The minimum atomic E-state index is -0.101. The van der Waals surface area contributed by atoms with Crippen LogP contribution in [0.2, 0.25) is 5.02 Å². The molecule has 2 heterocycles. The Balaban J connectivity index is 1.25. The van der Waals surface area contributed by atoms with Crippen molar-refractivity contribution < 1.29 is 4.42 Å². The molecule has 0 N–H and O–H groups in total. The maximum absolute atomic E-state index is 6.43. The number of fused-ring (bicyclic) bond motifs is 10. The summed E-state index contributed by atoms with van der Waals surface area (Å²) in [5.74, 6) is 0. The largest absolute Gasteiger partial charge is 0.456 e. The molecule has 9 aromatic rings. The normalized spacial score (nSPS) is 13.6. The first kappa shape index (κ1) is 27.1. The van der Waals surface area contributed by atoms with Crippen molar-refractivity contribution in [3.63, 3.8) is 0 Å². The first-order chi connectivity index (χ1) is 22.9. The molecule has 224 valence electrons. The molecule has 2 aromatic heterocycles. The van der Waals surface area contributed by atoms with Crippen LogP contribution >= 0.6 is 22.9 Å². The molecule has 0 atom stereocenters. The predicted octanol–water partition coefficient (Wildman–Crippen LogP) is 13.5. The molecule has 47 heavy (non-hydrogen) atoms. The second-order valence-corrected chi connectivity index (χ2v) is 14.6. The molecule has 1 aliphatic carbocycles. The van der Waals surface area contributed by atoms with E-state index in [1.165, 1.54) is 53.2 Å². The van der Waals surface area contributed by atoms with Gasteiger partial charge in [-0.15, -0.1) is 11.3 Å². The summed E-state index contributed by atoms with van der Waals surface area (Å²) >= 11 is 8.24. The molecule has 10 rings (SSSR count). The van der Waals surface area contributed by atoms with Gasteiger partial charge in [-0.1, -0.05) is 86.1 Å². The van der Waals surface area contributed by atoms with Crippen LogP contribution in [-0.2, 0) is 5.41 Å². The van der Waals surface area contributed by atoms with Crippen LogP contribution in [0.1, 0.15) is 25.0 Å². The van der Waals surface area contributed by atoms with Gasteiger partial charge in [0.25, 0.3) is 0 Å². The quantitative estimate of drug-likeness (QED) is 0.191. The first-order valence-electron chi connectivity index (χ1n) is 15.9. The van der Waals surface area contributed by atoms with Gasteiger partial charge < -0.3 is 9.32 Å². The smallest absolute Gasteiger partial charge is 0.137 e. The Morgan fingerprint density at radius 3 is 2.21 bits per heavy atom. The third kappa shape index (κ3) is 3.91. The van der Waals surface area contributed by atoms with Crippen molar-refractivity contribution in [1.29, 1.82) is 0 Å². The van der Waals surface area contributed by atoms with E-state index >= 15 is 0 Å². The second-order valence-electron chi connectivity index (χ2n) is 13.1. The second kappa shape index (κ2) is 9.71. The lowest BCUT2D eigenvalue weighted by Gasteiger charge is -2.28. The number of thiophene rings is 1. The zero-order valence-corrected chi connectivity index (χ0v) is 27.4. The van der Waals surface area contributed by atoms with Crippen molar-refractivity contribution in [1.82, 2.24) is 0 Å². The van der Waals surface area contributed by atoms with Gasteiger partial charge >= 0.3 is 0 Å². The molecule has 0 saturated heterocycles. The average molecular weight is 642 g/mol. The SMILES string of the molecule is CC1(C)c2ccc(N(c3ccc4c(c3)sc3ccc(Cl)cc34)c3cccc4oc5ccccc5c34)cc2-c2cc3ccccc3cc21. The zero-order valence-electron chi connectivity index (χ0n) is 25.8. The summed E-state index contributed by atoms with van der Waals surface area (Å²) in [4.78, 5) is 2.41. The number of halogens is 1. The van der Waals surface area contributed by atoms with Gasteiger partial charge in [0, 0.05) is 47.4 Å². The van der Waals surface area contributed by atoms with Crippen LogP contribution in [0.4, 0.5) is 17.1 Å². The third-order valence-electron chi connectivity index (χ3n) is 10.1. The van der Waals surface area contributed by atoms with Crippen LogP contribution in [0.25, 0.3) is 64.0 Å². The summed E-state index contributed by atoms with van der Waals surface area (Å²) in [5.41, 5.74) is 10.3. The van der Waals surface area contributed by atoms with E-state index in [0.717, 1.165) is 44.0 Å². The Bertz CT molecular complexity index is 2750. The van der Waals surface area contributed by atoms with E-state index < -0.39 is 0 Å². The first-order valence-corrected chi connectivity index (χ1v) is 17.1. The molecule has 0 unspecified atom stereocenters. The maximum atomic E-state index is 6.43. The molecule has 0 radical (unpaired) electrons. The van der Waals surface area contributed by atoms with E-state index in [4.69, 9.17) is 16.0 Å². The van der Waals surface area contributed by atoms with Crippen LogP contribution in [0, 0.1) is 0 Å². The van der Waals surface area contributed by atoms with Crippen LogP contribution in [0.15, 0.2) is 138 Å². The maximum Gasteiger partial charge on any atom is 0.137 e. The highest BCUT2D eigenvalue weighted by atomic mass is 35.5. The summed E-state index contributed by atoms with van der Waals surface area (Å²) in [6.45, 7) is 4.70. The van der Waals surface area contributed by atoms with Gasteiger partial charge in [0.2, 0.25) is 0 Å². The monoisotopic (exact) mass is 641 g/mol. The summed E-state index contributed by atoms with van der Waals surface area (Å²) in [7, 11) is 0. The summed E-state index contributed by atoms with van der Waals surface area (Å²) in [6, 6.07) is 48.2. The molecule has 0 bridgehead atoms. The summed E-state index contributed by atoms with van der Waals surface area (Å²) in [5, 5.41) is 7.95. The van der Waals surface area contributed by atoms with Gasteiger partial charge in [-0.05, 0) is 106 Å². The minimum Gasteiger partial charge on any atom is -0.456 e. The van der Waals surface area contributed by atoms with Crippen molar-refractivity contribution in [3.05, 3.63) is 150 Å². The average Bonchev–Trinajstić information content (AvgIpc) is 3.71. The van der Waals surface area contributed by atoms with Crippen molar-refractivity contribution >= 4 is 92.9 Å². The van der Waals surface area contributed by atoms with Gasteiger partial charge in [0.1, 0.15) is 11.2 Å². The number of benzene rings is 7. The number of furan rings is 1. The zero-order chi connectivity index (χ0) is 31.4. The van der Waals surface area contributed by atoms with Crippen molar-refractivity contribution in [2.75, 3.05) is 4.90 Å². The molecule has 0 saturated carbocycles. The Labute approximate surface area is 281 Å². The fraction of sp³-hybridized carbons (Fsp3) is 0.0698. The van der Waals surface area contributed by atoms with Crippen LogP contribution in [-0.4, -0.2) is 0 Å². The third-order valence-corrected chi connectivity index (χ3v) is 11.4. The van der Waals surface area contributed by atoms with Gasteiger partial charge in [0.05, 0.1) is 11.1 Å². The lowest BCUT2D eigenvalue weighted by atomic mass is 9.82. The molecule has 1 aliphatic rings. The van der Waals surface area contributed by atoms with Crippen molar-refractivity contribution in [2.24, 2.45) is 0 Å². The molecule has 4 heteroatoms. The Hall–Kier alpha value is -5.09. The molecule has 0 amide bonds. The number of para-hydroxylation sites is 1. The van der Waals surface area contributed by atoms with Crippen LogP contribution < -0.4 is 4.90 Å². The van der Waals surface area contributed by atoms with Crippen LogP contribution in [0.3, 0.4) is 0 Å². The molecule has 0 spiro atoms. The summed E-state index contributed by atoms with van der Waals surface area (Å²) in [6.07, 6.45) is 0. The van der Waals surface area contributed by atoms with Gasteiger partial charge in [-0.3, -0.25) is 0 Å². The van der Waals surface area contributed by atoms with Gasteiger partial charge in [0.15, 0.2) is 0 Å². The Morgan fingerprint density at radius 2 is 1.32 bits per heavy atom. The van der Waals surface area contributed by atoms with E-state index in [2.05, 4.69) is 140 Å². The molecule has 7 aromatic carbocycles.